The third kappa shape index (κ3) is 4.46. The summed E-state index contributed by atoms with van der Waals surface area (Å²) in [7, 11) is 0. The topological polar surface area (TPSA) is 60.3 Å². The highest BCUT2D eigenvalue weighted by Crippen LogP contribution is 2.23. The molecule has 0 aliphatic rings. The van der Waals surface area contributed by atoms with Crippen molar-refractivity contribution in [3.63, 3.8) is 0 Å². The molecule has 0 saturated carbocycles. The van der Waals surface area contributed by atoms with Crippen molar-refractivity contribution < 1.29 is 14.3 Å². The number of benzene rings is 2. The van der Waals surface area contributed by atoms with Gasteiger partial charge in [-0.3, -0.25) is 4.79 Å². The summed E-state index contributed by atoms with van der Waals surface area (Å²) in [5.41, 5.74) is 7.16. The van der Waals surface area contributed by atoms with Crippen molar-refractivity contribution >= 4 is 17.6 Å². The predicted octanol–water partition coefficient (Wildman–Crippen LogP) is 5.07. The minimum Gasteiger partial charge on any atom is -0.452 e. The number of carbonyl (C=O) groups excluding carboxylic acids is 2. The van der Waals surface area contributed by atoms with Gasteiger partial charge in [0.05, 0.1) is 5.56 Å². The molecule has 2 aromatic carbocycles. The summed E-state index contributed by atoms with van der Waals surface area (Å²) in [6.07, 6.45) is 0.808. The number of aryl methyl sites for hydroxylation is 4. The van der Waals surface area contributed by atoms with E-state index in [9.17, 15) is 9.59 Å². The number of hydrogen-bond donors (Lipinski definition) is 1. The third-order valence-electron chi connectivity index (χ3n) is 5.28. The molecule has 0 spiro atoms. The third-order valence-corrected chi connectivity index (χ3v) is 5.28. The molecule has 156 valence electrons. The summed E-state index contributed by atoms with van der Waals surface area (Å²) in [5, 5.41) is 2.88. The van der Waals surface area contributed by atoms with Crippen molar-refractivity contribution in [3.05, 3.63) is 82.2 Å². The number of hydrogen-bond acceptors (Lipinski definition) is 3. The van der Waals surface area contributed by atoms with Crippen molar-refractivity contribution in [2.45, 2.75) is 41.0 Å². The maximum absolute atomic E-state index is 12.6. The first-order valence-electron chi connectivity index (χ1n) is 10.1. The number of esters is 1. The number of ether oxygens (including phenoxy) is 1. The monoisotopic (exact) mass is 404 g/mol. The Bertz CT molecular complexity index is 1080. The van der Waals surface area contributed by atoms with Gasteiger partial charge in [0.25, 0.3) is 5.91 Å². The summed E-state index contributed by atoms with van der Waals surface area (Å²) in [6.45, 7) is 9.51. The number of nitrogens with zero attached hydrogens (tertiary/aromatic N) is 1. The van der Waals surface area contributed by atoms with Crippen LogP contribution in [0.5, 0.6) is 0 Å². The Balaban J connectivity index is 1.71. The molecule has 0 aliphatic carbocycles. The second-order valence-electron chi connectivity index (χ2n) is 7.54. The highest BCUT2D eigenvalue weighted by atomic mass is 16.5. The van der Waals surface area contributed by atoms with E-state index in [1.54, 1.807) is 6.07 Å². The van der Waals surface area contributed by atoms with Gasteiger partial charge in [-0.2, -0.15) is 0 Å². The summed E-state index contributed by atoms with van der Waals surface area (Å²) < 4.78 is 7.33. The summed E-state index contributed by atoms with van der Waals surface area (Å²) in [6, 6.07) is 15.8. The Morgan fingerprint density at radius 2 is 1.70 bits per heavy atom. The molecule has 0 fully saturated rings. The van der Waals surface area contributed by atoms with Gasteiger partial charge in [-0.05, 0) is 63.4 Å². The molecule has 0 saturated heterocycles. The Morgan fingerprint density at radius 1 is 1.00 bits per heavy atom. The van der Waals surface area contributed by atoms with E-state index in [1.807, 2.05) is 81.7 Å². The molecular weight excluding hydrogens is 376 g/mol. The fourth-order valence-corrected chi connectivity index (χ4v) is 3.65. The van der Waals surface area contributed by atoms with Gasteiger partial charge in [-0.1, -0.05) is 42.8 Å². The quantitative estimate of drug-likeness (QED) is 0.584. The molecule has 0 atom stereocenters. The Kier molecular flexibility index (Phi) is 6.40. The van der Waals surface area contributed by atoms with Crippen molar-refractivity contribution in [1.29, 1.82) is 0 Å². The highest BCUT2D eigenvalue weighted by molar-refractivity contribution is 5.97. The fourth-order valence-electron chi connectivity index (χ4n) is 3.65. The van der Waals surface area contributed by atoms with Gasteiger partial charge in [0.1, 0.15) is 0 Å². The fraction of sp³-hybridized carbons (Fsp3) is 0.280. The van der Waals surface area contributed by atoms with Crippen LogP contribution in [-0.2, 0) is 16.0 Å². The van der Waals surface area contributed by atoms with Gasteiger partial charge >= 0.3 is 5.97 Å². The first kappa shape index (κ1) is 21.4. The zero-order chi connectivity index (χ0) is 21.8. The highest BCUT2D eigenvalue weighted by Gasteiger charge is 2.19. The van der Waals surface area contributed by atoms with E-state index in [2.05, 4.69) is 5.32 Å². The van der Waals surface area contributed by atoms with E-state index in [0.29, 0.717) is 5.56 Å². The maximum atomic E-state index is 12.6. The number of aromatic nitrogens is 1. The van der Waals surface area contributed by atoms with Gasteiger partial charge in [0.2, 0.25) is 0 Å². The molecule has 3 aromatic rings. The first-order valence-corrected chi connectivity index (χ1v) is 10.1. The van der Waals surface area contributed by atoms with E-state index in [-0.39, 0.29) is 12.5 Å². The summed E-state index contributed by atoms with van der Waals surface area (Å²) in [4.78, 5) is 25.0. The largest absolute Gasteiger partial charge is 0.452 e. The normalized spacial score (nSPS) is 10.7. The van der Waals surface area contributed by atoms with E-state index in [0.717, 1.165) is 40.3 Å². The second kappa shape index (κ2) is 8.99. The zero-order valence-electron chi connectivity index (χ0n) is 18.2. The smallest absolute Gasteiger partial charge is 0.340 e. The van der Waals surface area contributed by atoms with Crippen LogP contribution in [-0.4, -0.2) is 23.1 Å². The lowest BCUT2D eigenvalue weighted by atomic mass is 10.1. The summed E-state index contributed by atoms with van der Waals surface area (Å²) >= 11 is 0. The van der Waals surface area contributed by atoms with Gasteiger partial charge in [-0.15, -0.1) is 0 Å². The van der Waals surface area contributed by atoms with E-state index >= 15 is 0 Å². The Morgan fingerprint density at radius 3 is 2.37 bits per heavy atom. The molecule has 0 unspecified atom stereocenters. The van der Waals surface area contributed by atoms with Crippen LogP contribution < -0.4 is 5.32 Å². The van der Waals surface area contributed by atoms with Gasteiger partial charge in [0.15, 0.2) is 6.61 Å². The van der Waals surface area contributed by atoms with Gasteiger partial charge < -0.3 is 14.6 Å². The van der Waals surface area contributed by atoms with E-state index in [4.69, 9.17) is 4.74 Å². The lowest BCUT2D eigenvalue weighted by Gasteiger charge is -2.13. The van der Waals surface area contributed by atoms with E-state index in [1.165, 1.54) is 5.56 Å². The molecule has 3 rings (SSSR count). The van der Waals surface area contributed by atoms with Crippen LogP contribution in [0.15, 0.2) is 48.5 Å². The van der Waals surface area contributed by atoms with Gasteiger partial charge in [0, 0.05) is 22.8 Å². The van der Waals surface area contributed by atoms with Crippen LogP contribution in [0.4, 0.5) is 5.69 Å². The molecule has 30 heavy (non-hydrogen) atoms. The molecule has 5 heteroatoms. The summed E-state index contributed by atoms with van der Waals surface area (Å²) in [5.74, 6) is -0.850. The van der Waals surface area contributed by atoms with Crippen molar-refractivity contribution in [1.82, 2.24) is 4.57 Å². The molecule has 1 heterocycles. The number of amides is 1. The van der Waals surface area contributed by atoms with Crippen LogP contribution >= 0.6 is 0 Å². The standard InChI is InChI=1S/C25H28N2O3/c1-6-20-9-7-8-17(3)24(20)26-23(28)15-30-25(29)22-14-18(4)27(19(22)5)21-12-10-16(2)11-13-21/h7-14H,6,15H2,1-5H3,(H,26,28). The Hall–Kier alpha value is -3.34. The van der Waals surface area contributed by atoms with Crippen LogP contribution in [0.3, 0.4) is 0 Å². The molecular formula is C25H28N2O3. The number of anilines is 1. The van der Waals surface area contributed by atoms with Gasteiger partial charge in [-0.25, -0.2) is 4.79 Å². The number of nitrogens with one attached hydrogen (secondary N) is 1. The van der Waals surface area contributed by atoms with Crippen LogP contribution in [0.25, 0.3) is 5.69 Å². The minimum absolute atomic E-state index is 0.329. The maximum Gasteiger partial charge on any atom is 0.340 e. The lowest BCUT2D eigenvalue weighted by Crippen LogP contribution is -2.22. The molecule has 0 radical (unpaired) electrons. The molecule has 1 aromatic heterocycles. The first-order chi connectivity index (χ1) is 14.3. The predicted molar refractivity (Wildman–Crippen MR) is 119 cm³/mol. The Labute approximate surface area is 177 Å². The van der Waals surface area contributed by atoms with Crippen molar-refractivity contribution in [2.24, 2.45) is 0 Å². The van der Waals surface area contributed by atoms with Crippen LogP contribution in [0.2, 0.25) is 0 Å². The molecule has 0 aliphatic heterocycles. The number of carbonyl (C=O) groups is 2. The average Bonchev–Trinajstić information content (AvgIpc) is 3.02. The van der Waals surface area contributed by atoms with Crippen LogP contribution in [0.1, 0.15) is 45.4 Å². The molecule has 1 amide bonds. The zero-order valence-corrected chi connectivity index (χ0v) is 18.2. The van der Waals surface area contributed by atoms with Crippen molar-refractivity contribution in [2.75, 3.05) is 11.9 Å². The SMILES string of the molecule is CCc1cccc(C)c1NC(=O)COC(=O)c1cc(C)n(-c2ccc(C)cc2)c1C. The van der Waals surface area contributed by atoms with Crippen LogP contribution in [0, 0.1) is 27.7 Å². The molecule has 0 bridgehead atoms. The average molecular weight is 405 g/mol. The van der Waals surface area contributed by atoms with Crippen molar-refractivity contribution in [3.8, 4) is 5.69 Å². The lowest BCUT2D eigenvalue weighted by molar-refractivity contribution is -0.119. The molecule has 1 N–H and O–H groups in total. The number of rotatable bonds is 6. The minimum atomic E-state index is -0.503. The van der Waals surface area contributed by atoms with E-state index < -0.39 is 5.97 Å². The molecule has 5 nitrogen and oxygen atoms in total. The second-order valence-corrected chi connectivity index (χ2v) is 7.54. The number of para-hydroxylation sites is 1.